The lowest BCUT2D eigenvalue weighted by Gasteiger charge is -2.32. The standard InChI is InChI=1S/C26H36BNO6/c1-18(2)16-32-24(29)21-22(31-17-19-11-9-8-10-12-19)20(15-28-23(21)30-7)13-14-27-33-25(3,4)26(5,6)34-27/h8-12,15,18H,13-14,16-17H2,1-7H3. The lowest BCUT2D eigenvalue weighted by molar-refractivity contribution is 0.00578. The van der Waals surface area contributed by atoms with Crippen molar-refractivity contribution < 1.29 is 28.3 Å². The predicted molar refractivity (Wildman–Crippen MR) is 131 cm³/mol. The van der Waals surface area contributed by atoms with Crippen molar-refractivity contribution in [2.24, 2.45) is 5.92 Å². The van der Waals surface area contributed by atoms with E-state index in [1.54, 1.807) is 6.20 Å². The van der Waals surface area contributed by atoms with Crippen LogP contribution in [0, 0.1) is 5.92 Å². The third-order valence-corrected chi connectivity index (χ3v) is 6.19. The van der Waals surface area contributed by atoms with E-state index in [1.807, 2.05) is 71.9 Å². The molecule has 0 radical (unpaired) electrons. The molecule has 1 saturated heterocycles. The number of benzene rings is 1. The van der Waals surface area contributed by atoms with Gasteiger partial charge in [-0.3, -0.25) is 0 Å². The van der Waals surface area contributed by atoms with E-state index in [1.165, 1.54) is 7.11 Å². The van der Waals surface area contributed by atoms with Crippen molar-refractivity contribution in [3.05, 3.63) is 53.2 Å². The summed E-state index contributed by atoms with van der Waals surface area (Å²) in [4.78, 5) is 17.5. The molecule has 2 aromatic rings. The number of aromatic nitrogens is 1. The maximum atomic E-state index is 13.1. The highest BCUT2D eigenvalue weighted by atomic mass is 16.7. The zero-order valence-electron chi connectivity index (χ0n) is 21.3. The van der Waals surface area contributed by atoms with Crippen LogP contribution in [0.5, 0.6) is 11.6 Å². The second-order valence-corrected chi connectivity index (χ2v) is 9.99. The summed E-state index contributed by atoms with van der Waals surface area (Å²) in [5, 5.41) is 0. The van der Waals surface area contributed by atoms with Gasteiger partial charge in [0.05, 0.1) is 24.9 Å². The van der Waals surface area contributed by atoms with E-state index in [9.17, 15) is 4.79 Å². The fraction of sp³-hybridized carbons (Fsp3) is 0.538. The Morgan fingerprint density at radius 3 is 2.32 bits per heavy atom. The Hall–Kier alpha value is -2.58. The average Bonchev–Trinajstić information content (AvgIpc) is 3.00. The summed E-state index contributed by atoms with van der Waals surface area (Å²) < 4.78 is 29.4. The van der Waals surface area contributed by atoms with E-state index in [2.05, 4.69) is 4.98 Å². The van der Waals surface area contributed by atoms with E-state index in [4.69, 9.17) is 23.5 Å². The van der Waals surface area contributed by atoms with Crippen LogP contribution in [0.2, 0.25) is 6.32 Å². The van der Waals surface area contributed by atoms with Crippen LogP contribution in [-0.2, 0) is 27.1 Å². The summed E-state index contributed by atoms with van der Waals surface area (Å²) in [5.74, 6) is 0.277. The van der Waals surface area contributed by atoms with E-state index in [0.29, 0.717) is 25.1 Å². The van der Waals surface area contributed by atoms with Crippen molar-refractivity contribution in [2.45, 2.75) is 72.1 Å². The summed E-state index contributed by atoms with van der Waals surface area (Å²) in [6.07, 6.45) is 2.81. The van der Waals surface area contributed by atoms with Crippen LogP contribution in [0.1, 0.15) is 63.0 Å². The van der Waals surface area contributed by atoms with Gasteiger partial charge in [-0.25, -0.2) is 9.78 Å². The Balaban J connectivity index is 1.89. The molecule has 0 amide bonds. The van der Waals surface area contributed by atoms with Gasteiger partial charge in [0.2, 0.25) is 5.88 Å². The molecule has 34 heavy (non-hydrogen) atoms. The van der Waals surface area contributed by atoms with Gasteiger partial charge in [0.1, 0.15) is 12.4 Å². The molecule has 8 heteroatoms. The number of carbonyl (C=O) groups is 1. The highest BCUT2D eigenvalue weighted by Gasteiger charge is 2.50. The molecule has 0 N–H and O–H groups in total. The number of aryl methyl sites for hydroxylation is 1. The van der Waals surface area contributed by atoms with Crippen LogP contribution in [0.15, 0.2) is 36.5 Å². The Labute approximate surface area is 203 Å². The fourth-order valence-corrected chi connectivity index (χ4v) is 3.60. The van der Waals surface area contributed by atoms with Crippen LogP contribution in [-0.4, -0.2) is 43.0 Å². The van der Waals surface area contributed by atoms with Crippen molar-refractivity contribution >= 4 is 13.1 Å². The number of nitrogens with zero attached hydrogens (tertiary/aromatic N) is 1. The lowest BCUT2D eigenvalue weighted by atomic mass is 9.81. The van der Waals surface area contributed by atoms with Crippen molar-refractivity contribution in [3.8, 4) is 11.6 Å². The van der Waals surface area contributed by atoms with E-state index < -0.39 is 17.2 Å². The number of rotatable bonds is 10. The molecule has 1 aromatic heterocycles. The van der Waals surface area contributed by atoms with E-state index in [-0.39, 0.29) is 31.1 Å². The summed E-state index contributed by atoms with van der Waals surface area (Å²) in [6.45, 7) is 12.7. The van der Waals surface area contributed by atoms with Crippen LogP contribution < -0.4 is 9.47 Å². The highest BCUT2D eigenvalue weighted by molar-refractivity contribution is 6.45. The summed E-state index contributed by atoms with van der Waals surface area (Å²) >= 11 is 0. The molecule has 1 aliphatic rings. The molecule has 7 nitrogen and oxygen atoms in total. The molecule has 0 atom stereocenters. The zero-order valence-corrected chi connectivity index (χ0v) is 21.3. The first-order valence-electron chi connectivity index (χ1n) is 11.8. The average molecular weight is 469 g/mol. The van der Waals surface area contributed by atoms with Crippen molar-refractivity contribution in [1.29, 1.82) is 0 Å². The molecule has 2 heterocycles. The normalized spacial score (nSPS) is 16.5. The van der Waals surface area contributed by atoms with Crippen LogP contribution in [0.3, 0.4) is 0 Å². The summed E-state index contributed by atoms with van der Waals surface area (Å²) in [6, 6.07) is 9.79. The van der Waals surface area contributed by atoms with Crippen molar-refractivity contribution in [2.75, 3.05) is 13.7 Å². The second-order valence-electron chi connectivity index (χ2n) is 9.99. The molecule has 1 aromatic carbocycles. The quantitative estimate of drug-likeness (QED) is 0.353. The van der Waals surface area contributed by atoms with Crippen molar-refractivity contribution in [1.82, 2.24) is 4.98 Å². The number of esters is 1. The first kappa shape index (κ1) is 26.0. The number of methoxy groups -OCH3 is 1. The van der Waals surface area contributed by atoms with Crippen LogP contribution in [0.4, 0.5) is 0 Å². The largest absolute Gasteiger partial charge is 0.487 e. The maximum Gasteiger partial charge on any atom is 0.458 e. The monoisotopic (exact) mass is 469 g/mol. The third kappa shape index (κ3) is 6.10. The molecular weight excluding hydrogens is 433 g/mol. The number of hydrogen-bond donors (Lipinski definition) is 0. The van der Waals surface area contributed by atoms with Gasteiger partial charge in [-0.1, -0.05) is 44.2 Å². The van der Waals surface area contributed by atoms with Gasteiger partial charge in [0, 0.05) is 11.8 Å². The Morgan fingerprint density at radius 1 is 1.09 bits per heavy atom. The van der Waals surface area contributed by atoms with Crippen molar-refractivity contribution in [3.63, 3.8) is 0 Å². The Kier molecular flexibility index (Phi) is 8.26. The van der Waals surface area contributed by atoms with Gasteiger partial charge >= 0.3 is 13.1 Å². The number of hydrogen-bond acceptors (Lipinski definition) is 7. The molecule has 0 bridgehead atoms. The number of ether oxygens (including phenoxy) is 3. The fourth-order valence-electron chi connectivity index (χ4n) is 3.60. The topological polar surface area (TPSA) is 76.1 Å². The molecule has 3 rings (SSSR count). The first-order chi connectivity index (χ1) is 16.0. The SMILES string of the molecule is COc1ncc(CCB2OC(C)(C)C(C)(C)O2)c(OCc2ccccc2)c1C(=O)OCC(C)C. The molecule has 0 unspecified atom stereocenters. The highest BCUT2D eigenvalue weighted by Crippen LogP contribution is 2.39. The molecular formula is C26H36BNO6. The molecule has 184 valence electrons. The summed E-state index contributed by atoms with van der Waals surface area (Å²) in [7, 11) is 1.11. The predicted octanol–water partition coefficient (Wildman–Crippen LogP) is 5.12. The summed E-state index contributed by atoms with van der Waals surface area (Å²) in [5.41, 5.74) is 1.13. The number of carbonyl (C=O) groups excluding carboxylic acids is 1. The zero-order chi connectivity index (χ0) is 24.9. The van der Waals surface area contributed by atoms with Gasteiger partial charge in [-0.2, -0.15) is 0 Å². The van der Waals surface area contributed by atoms with Crippen LogP contribution in [0.25, 0.3) is 0 Å². The van der Waals surface area contributed by atoms with Gasteiger partial charge in [0.25, 0.3) is 0 Å². The molecule has 1 aliphatic heterocycles. The lowest BCUT2D eigenvalue weighted by Crippen LogP contribution is -2.41. The van der Waals surface area contributed by atoms with E-state index in [0.717, 1.165) is 11.1 Å². The van der Waals surface area contributed by atoms with Gasteiger partial charge in [-0.15, -0.1) is 0 Å². The smallest absolute Gasteiger partial charge is 0.458 e. The minimum Gasteiger partial charge on any atom is -0.487 e. The first-order valence-corrected chi connectivity index (χ1v) is 11.8. The molecule has 0 aliphatic carbocycles. The van der Waals surface area contributed by atoms with E-state index >= 15 is 0 Å². The third-order valence-electron chi connectivity index (χ3n) is 6.19. The maximum absolute atomic E-state index is 13.1. The number of pyridine rings is 1. The van der Waals surface area contributed by atoms with Gasteiger partial charge in [0.15, 0.2) is 5.56 Å². The second kappa shape index (κ2) is 10.8. The van der Waals surface area contributed by atoms with Gasteiger partial charge in [-0.05, 0) is 51.9 Å². The molecule has 0 saturated carbocycles. The minimum atomic E-state index is -0.515. The molecule has 0 spiro atoms. The Bertz CT molecular complexity index is 961. The van der Waals surface area contributed by atoms with Crippen LogP contribution >= 0.6 is 0 Å². The van der Waals surface area contributed by atoms with Gasteiger partial charge < -0.3 is 23.5 Å². The minimum absolute atomic E-state index is 0.177. The molecule has 1 fully saturated rings. The Morgan fingerprint density at radius 2 is 1.74 bits per heavy atom.